The molecule has 2 aromatic carbocycles. The van der Waals surface area contributed by atoms with Crippen molar-refractivity contribution in [3.8, 4) is 22.8 Å². The van der Waals surface area contributed by atoms with Crippen LogP contribution in [0.25, 0.3) is 22.3 Å². The van der Waals surface area contributed by atoms with E-state index in [0.29, 0.717) is 41.1 Å². The molecule has 3 heterocycles. The van der Waals surface area contributed by atoms with Gasteiger partial charge < -0.3 is 15.4 Å². The van der Waals surface area contributed by atoms with Gasteiger partial charge in [-0.05, 0) is 49.2 Å². The zero-order valence-electron chi connectivity index (χ0n) is 18.4. The van der Waals surface area contributed by atoms with Crippen LogP contribution >= 0.6 is 0 Å². The van der Waals surface area contributed by atoms with Crippen molar-refractivity contribution in [3.63, 3.8) is 0 Å². The van der Waals surface area contributed by atoms with Gasteiger partial charge in [0.25, 0.3) is 0 Å². The van der Waals surface area contributed by atoms with E-state index in [-0.39, 0.29) is 18.9 Å². The first-order chi connectivity index (χ1) is 16.8. The number of likely N-dealkylation sites (tertiary alicyclic amines) is 1. The van der Waals surface area contributed by atoms with Crippen molar-refractivity contribution in [1.29, 1.82) is 0 Å². The molecule has 180 valence electrons. The van der Waals surface area contributed by atoms with Gasteiger partial charge in [0, 0.05) is 18.7 Å². The summed E-state index contributed by atoms with van der Waals surface area (Å²) in [4.78, 5) is 21.0. The maximum absolute atomic E-state index is 13.0. The lowest BCUT2D eigenvalue weighted by atomic mass is 10.1. The lowest BCUT2D eigenvalue weighted by molar-refractivity contribution is -0.187. The second kappa shape index (κ2) is 8.90. The molecule has 0 spiro atoms. The molecule has 1 atom stereocenters. The second-order valence-corrected chi connectivity index (χ2v) is 8.24. The van der Waals surface area contributed by atoms with E-state index < -0.39 is 18.1 Å². The molecule has 0 aliphatic carbocycles. The number of fused-ring (bicyclic) bond motifs is 1. The monoisotopic (exact) mass is 482 g/mol. The average Bonchev–Trinajstić information content (AvgIpc) is 3.25. The molecule has 1 aliphatic heterocycles. The van der Waals surface area contributed by atoms with Crippen LogP contribution in [0.15, 0.2) is 60.9 Å². The summed E-state index contributed by atoms with van der Waals surface area (Å²) in [6.45, 7) is -0.0801. The highest BCUT2D eigenvalue weighted by Crippen LogP contribution is 2.35. The number of hydrogen-bond donors (Lipinski definition) is 1. The maximum atomic E-state index is 13.0. The van der Waals surface area contributed by atoms with Crippen molar-refractivity contribution in [2.75, 3.05) is 18.8 Å². The second-order valence-electron chi connectivity index (χ2n) is 8.24. The Hall–Kier alpha value is -4.15. The van der Waals surface area contributed by atoms with E-state index in [4.69, 9.17) is 10.5 Å². The molecule has 2 N–H and O–H groups in total. The molecular formula is C24H21F3N6O2. The first-order valence-corrected chi connectivity index (χ1v) is 11.0. The number of amides is 1. The molecule has 0 saturated carbocycles. The van der Waals surface area contributed by atoms with Gasteiger partial charge in [0.1, 0.15) is 29.3 Å². The maximum Gasteiger partial charge on any atom is 0.471 e. The predicted molar refractivity (Wildman–Crippen MR) is 123 cm³/mol. The summed E-state index contributed by atoms with van der Waals surface area (Å²) < 4.78 is 46.4. The first kappa shape index (κ1) is 22.6. The molecule has 1 fully saturated rings. The van der Waals surface area contributed by atoms with E-state index in [1.165, 1.54) is 6.33 Å². The fourth-order valence-corrected chi connectivity index (χ4v) is 4.28. The minimum absolute atomic E-state index is 0.0426. The van der Waals surface area contributed by atoms with Crippen LogP contribution in [-0.2, 0) is 4.79 Å². The Morgan fingerprint density at radius 1 is 1.03 bits per heavy atom. The zero-order valence-corrected chi connectivity index (χ0v) is 18.4. The minimum Gasteiger partial charge on any atom is -0.457 e. The van der Waals surface area contributed by atoms with Crippen LogP contribution in [0.5, 0.6) is 11.5 Å². The Morgan fingerprint density at radius 2 is 1.74 bits per heavy atom. The summed E-state index contributed by atoms with van der Waals surface area (Å²) in [5.74, 6) is -0.314. The van der Waals surface area contributed by atoms with Crippen LogP contribution in [0, 0.1) is 0 Å². The van der Waals surface area contributed by atoms with Gasteiger partial charge in [0.05, 0.1) is 11.4 Å². The Bertz CT molecular complexity index is 1360. The van der Waals surface area contributed by atoms with Crippen LogP contribution in [0.2, 0.25) is 0 Å². The molecule has 4 aromatic rings. The summed E-state index contributed by atoms with van der Waals surface area (Å²) in [6, 6.07) is 16.1. The molecule has 5 rings (SSSR count). The van der Waals surface area contributed by atoms with Crippen LogP contribution in [0.1, 0.15) is 18.9 Å². The topological polar surface area (TPSA) is 99.2 Å². The summed E-state index contributed by atoms with van der Waals surface area (Å²) >= 11 is 0. The molecular weight excluding hydrogens is 461 g/mol. The van der Waals surface area contributed by atoms with Crippen molar-refractivity contribution in [1.82, 2.24) is 24.6 Å². The number of carbonyl (C=O) groups excluding carboxylic acids is 1. The summed E-state index contributed by atoms with van der Waals surface area (Å²) in [5.41, 5.74) is 7.79. The number of nitrogens with two attached hydrogens (primary N) is 1. The highest BCUT2D eigenvalue weighted by atomic mass is 19.4. The fourth-order valence-electron chi connectivity index (χ4n) is 4.28. The number of aromatic nitrogens is 4. The normalized spacial score (nSPS) is 16.4. The standard InChI is InChI=1S/C24H21F3N6O2/c25-24(26,27)23(34)32-12-4-5-16(13-32)33-22-19(21(28)29-14-30-22)20(31-33)15-8-10-18(11-9-15)35-17-6-2-1-3-7-17/h1-3,6-11,14,16H,4-5,12-13H2,(H2,28,29,30). The number of hydrogen-bond acceptors (Lipinski definition) is 6. The van der Waals surface area contributed by atoms with Gasteiger partial charge in [-0.3, -0.25) is 4.79 Å². The Labute approximate surface area is 198 Å². The number of rotatable bonds is 4. The Kier molecular flexibility index (Phi) is 5.75. The van der Waals surface area contributed by atoms with Crippen molar-refractivity contribution < 1.29 is 22.7 Å². The van der Waals surface area contributed by atoms with Crippen LogP contribution in [0.4, 0.5) is 19.0 Å². The number of nitrogen functional groups attached to an aromatic ring is 1. The predicted octanol–water partition coefficient (Wildman–Crippen LogP) is 4.59. The SMILES string of the molecule is Nc1ncnc2c1c(-c1ccc(Oc3ccccc3)cc1)nn2C1CCCN(C(=O)C(F)(F)F)C1. The first-order valence-electron chi connectivity index (χ1n) is 11.0. The van der Waals surface area contributed by atoms with Crippen molar-refractivity contribution >= 4 is 22.8 Å². The van der Waals surface area contributed by atoms with E-state index in [9.17, 15) is 18.0 Å². The Morgan fingerprint density at radius 3 is 2.46 bits per heavy atom. The molecule has 1 saturated heterocycles. The number of alkyl halides is 3. The van der Waals surface area contributed by atoms with Crippen molar-refractivity contribution in [2.45, 2.75) is 25.1 Å². The lowest BCUT2D eigenvalue weighted by Crippen LogP contribution is -2.46. The van der Waals surface area contributed by atoms with Crippen LogP contribution in [-0.4, -0.2) is 49.8 Å². The fraction of sp³-hybridized carbons (Fsp3) is 0.250. The van der Waals surface area contributed by atoms with Crippen LogP contribution < -0.4 is 10.5 Å². The quantitative estimate of drug-likeness (QED) is 0.457. The molecule has 35 heavy (non-hydrogen) atoms. The Balaban J connectivity index is 1.48. The van der Waals surface area contributed by atoms with Gasteiger partial charge in [-0.25, -0.2) is 14.6 Å². The number of para-hydroxylation sites is 1. The van der Waals surface area contributed by atoms with E-state index in [2.05, 4.69) is 15.1 Å². The molecule has 8 nitrogen and oxygen atoms in total. The minimum atomic E-state index is -4.92. The highest BCUT2D eigenvalue weighted by molar-refractivity contribution is 5.98. The number of nitrogens with zero attached hydrogens (tertiary/aromatic N) is 5. The van der Waals surface area contributed by atoms with Gasteiger partial charge in [-0.15, -0.1) is 0 Å². The summed E-state index contributed by atoms with van der Waals surface area (Å²) in [7, 11) is 0. The summed E-state index contributed by atoms with van der Waals surface area (Å²) in [6.07, 6.45) is -2.67. The number of benzene rings is 2. The average molecular weight is 482 g/mol. The molecule has 0 radical (unpaired) electrons. The summed E-state index contributed by atoms with van der Waals surface area (Å²) in [5, 5.41) is 5.19. The van der Waals surface area contributed by atoms with Crippen molar-refractivity contribution in [2.24, 2.45) is 0 Å². The third kappa shape index (κ3) is 4.48. The number of ether oxygens (including phenoxy) is 1. The van der Waals surface area contributed by atoms with E-state index in [1.54, 1.807) is 16.8 Å². The molecule has 11 heteroatoms. The van der Waals surface area contributed by atoms with Gasteiger partial charge in [0.15, 0.2) is 5.65 Å². The van der Waals surface area contributed by atoms with Crippen LogP contribution in [0.3, 0.4) is 0 Å². The van der Waals surface area contributed by atoms with E-state index in [0.717, 1.165) is 10.5 Å². The molecule has 1 unspecified atom stereocenters. The van der Waals surface area contributed by atoms with Gasteiger partial charge in [-0.1, -0.05) is 18.2 Å². The third-order valence-electron chi connectivity index (χ3n) is 5.90. The van der Waals surface area contributed by atoms with Gasteiger partial charge >= 0.3 is 12.1 Å². The number of halogens is 3. The smallest absolute Gasteiger partial charge is 0.457 e. The van der Waals surface area contributed by atoms with Gasteiger partial charge in [-0.2, -0.15) is 18.3 Å². The largest absolute Gasteiger partial charge is 0.471 e. The zero-order chi connectivity index (χ0) is 24.6. The third-order valence-corrected chi connectivity index (χ3v) is 5.90. The molecule has 1 amide bonds. The molecule has 1 aliphatic rings. The van der Waals surface area contributed by atoms with Gasteiger partial charge in [0.2, 0.25) is 0 Å². The molecule has 2 aromatic heterocycles. The van der Waals surface area contributed by atoms with Crippen molar-refractivity contribution in [3.05, 3.63) is 60.9 Å². The lowest BCUT2D eigenvalue weighted by Gasteiger charge is -2.33. The number of carbonyl (C=O) groups is 1. The molecule has 0 bridgehead atoms. The number of piperidine rings is 1. The number of anilines is 1. The highest BCUT2D eigenvalue weighted by Gasteiger charge is 2.44. The van der Waals surface area contributed by atoms with E-state index in [1.807, 2.05) is 42.5 Å². The van der Waals surface area contributed by atoms with E-state index >= 15 is 0 Å².